The first-order chi connectivity index (χ1) is 8.08. The third kappa shape index (κ3) is 2.44. The number of carbonyl (C=O) groups is 1. The summed E-state index contributed by atoms with van der Waals surface area (Å²) in [5.74, 6) is 0.332. The molecule has 88 valence electrons. The third-order valence-electron chi connectivity index (χ3n) is 2.81. The van der Waals surface area contributed by atoms with Gasteiger partial charge in [0.1, 0.15) is 11.6 Å². The monoisotopic (exact) mass is 232 g/mol. The molecule has 0 bridgehead atoms. The average Bonchev–Trinajstić information content (AvgIpc) is 2.68. The van der Waals surface area contributed by atoms with Crippen molar-refractivity contribution in [3.8, 4) is 0 Å². The van der Waals surface area contributed by atoms with Crippen LogP contribution < -0.4 is 0 Å². The maximum absolute atomic E-state index is 12.9. The van der Waals surface area contributed by atoms with Crippen molar-refractivity contribution in [3.63, 3.8) is 0 Å². The van der Waals surface area contributed by atoms with Gasteiger partial charge in [0.15, 0.2) is 5.78 Å². The second-order valence-electron chi connectivity index (χ2n) is 4.06. The van der Waals surface area contributed by atoms with E-state index in [2.05, 4.69) is 0 Å². The molecule has 0 saturated heterocycles. The van der Waals surface area contributed by atoms with Gasteiger partial charge in [0.2, 0.25) is 0 Å². The first-order valence-corrected chi connectivity index (χ1v) is 5.40. The zero-order chi connectivity index (χ0) is 12.4. The van der Waals surface area contributed by atoms with E-state index < -0.39 is 0 Å². The summed E-state index contributed by atoms with van der Waals surface area (Å²) in [6.07, 6.45) is 1.77. The number of rotatable bonds is 3. The molecule has 0 aliphatic rings. The number of Topliss-reactive ketones (excluding diaryl/α,β-unsaturated/α-hetero) is 1. The molecule has 0 aliphatic heterocycles. The first-order valence-electron chi connectivity index (χ1n) is 5.40. The van der Waals surface area contributed by atoms with Gasteiger partial charge >= 0.3 is 0 Å². The Bertz CT molecular complexity index is 555. The van der Waals surface area contributed by atoms with Crippen LogP contribution in [0.1, 0.15) is 27.2 Å². The molecule has 2 rings (SSSR count). The Labute approximate surface area is 99.1 Å². The Hall–Kier alpha value is -1.90. The van der Waals surface area contributed by atoms with Crippen LogP contribution in [0.2, 0.25) is 0 Å². The summed E-state index contributed by atoms with van der Waals surface area (Å²) in [4.78, 5) is 12.0. The minimum absolute atomic E-state index is 0.00837. The lowest BCUT2D eigenvalue weighted by Crippen LogP contribution is -2.05. The average molecular weight is 232 g/mol. The summed E-state index contributed by atoms with van der Waals surface area (Å²) in [6, 6.07) is 6.12. The smallest absolute Gasteiger partial charge is 0.170 e. The number of ketones is 1. The van der Waals surface area contributed by atoms with Gasteiger partial charge in [-0.15, -0.1) is 0 Å². The van der Waals surface area contributed by atoms with Gasteiger partial charge in [-0.3, -0.25) is 4.79 Å². The van der Waals surface area contributed by atoms with E-state index in [-0.39, 0.29) is 18.0 Å². The van der Waals surface area contributed by atoms with Gasteiger partial charge in [0.05, 0.1) is 11.8 Å². The number of halogens is 1. The van der Waals surface area contributed by atoms with E-state index in [1.54, 1.807) is 26.0 Å². The molecule has 0 unspecified atom stereocenters. The third-order valence-corrected chi connectivity index (χ3v) is 2.81. The van der Waals surface area contributed by atoms with Crippen molar-refractivity contribution in [1.29, 1.82) is 0 Å². The molecule has 0 saturated carbocycles. The van der Waals surface area contributed by atoms with E-state index >= 15 is 0 Å². The minimum Gasteiger partial charge on any atom is -0.469 e. The van der Waals surface area contributed by atoms with Crippen LogP contribution in [0, 0.1) is 19.7 Å². The fourth-order valence-electron chi connectivity index (χ4n) is 1.80. The predicted molar refractivity (Wildman–Crippen MR) is 62.6 cm³/mol. The van der Waals surface area contributed by atoms with Crippen LogP contribution >= 0.6 is 0 Å². The molecule has 0 radical (unpaired) electrons. The SMILES string of the molecule is Cc1cc(F)ccc1CC(=O)c1ccoc1C. The molecule has 0 atom stereocenters. The predicted octanol–water partition coefficient (Wildman–Crippen LogP) is 3.46. The van der Waals surface area contributed by atoms with Gasteiger partial charge < -0.3 is 4.42 Å². The molecular formula is C14H13FO2. The van der Waals surface area contributed by atoms with Crippen LogP contribution in [-0.4, -0.2) is 5.78 Å². The van der Waals surface area contributed by atoms with Crippen LogP contribution in [0.15, 0.2) is 34.9 Å². The summed E-state index contributed by atoms with van der Waals surface area (Å²) in [5, 5.41) is 0. The van der Waals surface area contributed by atoms with Crippen molar-refractivity contribution in [1.82, 2.24) is 0 Å². The topological polar surface area (TPSA) is 30.2 Å². The van der Waals surface area contributed by atoms with Crippen LogP contribution in [0.5, 0.6) is 0 Å². The summed E-state index contributed by atoms with van der Waals surface area (Å²) in [6.45, 7) is 3.55. The van der Waals surface area contributed by atoms with E-state index in [4.69, 9.17) is 4.42 Å². The molecular weight excluding hydrogens is 219 g/mol. The van der Waals surface area contributed by atoms with Gasteiger partial charge in [0.25, 0.3) is 0 Å². The molecule has 17 heavy (non-hydrogen) atoms. The standard InChI is InChI=1S/C14H13FO2/c1-9-7-12(15)4-3-11(9)8-14(16)13-5-6-17-10(13)2/h3-7H,8H2,1-2H3. The molecule has 0 N–H and O–H groups in total. The van der Waals surface area contributed by atoms with E-state index in [1.165, 1.54) is 18.4 Å². The second kappa shape index (κ2) is 4.53. The van der Waals surface area contributed by atoms with Crippen LogP contribution in [-0.2, 0) is 6.42 Å². The quantitative estimate of drug-likeness (QED) is 0.758. The van der Waals surface area contributed by atoms with E-state index in [1.807, 2.05) is 0 Å². The minimum atomic E-state index is -0.279. The largest absolute Gasteiger partial charge is 0.469 e. The van der Waals surface area contributed by atoms with Crippen molar-refractivity contribution in [3.05, 3.63) is 58.8 Å². The van der Waals surface area contributed by atoms with Crippen LogP contribution in [0.25, 0.3) is 0 Å². The number of hydrogen-bond acceptors (Lipinski definition) is 2. The number of hydrogen-bond donors (Lipinski definition) is 0. The Balaban J connectivity index is 2.22. The highest BCUT2D eigenvalue weighted by Gasteiger charge is 2.13. The molecule has 3 heteroatoms. The number of carbonyl (C=O) groups excluding carboxylic acids is 1. The van der Waals surface area contributed by atoms with E-state index in [0.717, 1.165) is 11.1 Å². The molecule has 0 spiro atoms. The highest BCUT2D eigenvalue weighted by molar-refractivity contribution is 5.98. The zero-order valence-electron chi connectivity index (χ0n) is 9.79. The van der Waals surface area contributed by atoms with Crippen LogP contribution in [0.3, 0.4) is 0 Å². The molecule has 0 fully saturated rings. The summed E-state index contributed by atoms with van der Waals surface area (Å²) in [5.41, 5.74) is 2.23. The molecule has 2 nitrogen and oxygen atoms in total. The lowest BCUT2D eigenvalue weighted by Gasteiger charge is -2.04. The van der Waals surface area contributed by atoms with Crippen molar-refractivity contribution in [2.75, 3.05) is 0 Å². The fraction of sp³-hybridized carbons (Fsp3) is 0.214. The number of benzene rings is 1. The normalized spacial score (nSPS) is 10.5. The fourth-order valence-corrected chi connectivity index (χ4v) is 1.80. The van der Waals surface area contributed by atoms with E-state index in [0.29, 0.717) is 11.3 Å². The van der Waals surface area contributed by atoms with Crippen molar-refractivity contribution in [2.24, 2.45) is 0 Å². The lowest BCUT2D eigenvalue weighted by molar-refractivity contribution is 0.0991. The molecule has 2 aromatic rings. The molecule has 1 heterocycles. The molecule has 1 aromatic carbocycles. The summed E-state index contributed by atoms with van der Waals surface area (Å²) in [7, 11) is 0. The Kier molecular flexibility index (Phi) is 3.09. The number of aryl methyl sites for hydroxylation is 2. The van der Waals surface area contributed by atoms with Gasteiger partial charge in [-0.2, -0.15) is 0 Å². The second-order valence-corrected chi connectivity index (χ2v) is 4.06. The highest BCUT2D eigenvalue weighted by Crippen LogP contribution is 2.16. The highest BCUT2D eigenvalue weighted by atomic mass is 19.1. The number of furan rings is 1. The maximum atomic E-state index is 12.9. The Morgan fingerprint density at radius 1 is 1.29 bits per heavy atom. The van der Waals surface area contributed by atoms with Gasteiger partial charge in [0, 0.05) is 6.42 Å². The Morgan fingerprint density at radius 2 is 2.06 bits per heavy atom. The van der Waals surface area contributed by atoms with Gasteiger partial charge in [-0.1, -0.05) is 6.07 Å². The zero-order valence-corrected chi connectivity index (χ0v) is 9.79. The van der Waals surface area contributed by atoms with Crippen LogP contribution in [0.4, 0.5) is 4.39 Å². The first kappa shape index (κ1) is 11.6. The lowest BCUT2D eigenvalue weighted by atomic mass is 10.00. The Morgan fingerprint density at radius 3 is 2.65 bits per heavy atom. The van der Waals surface area contributed by atoms with Gasteiger partial charge in [-0.05, 0) is 43.2 Å². The molecule has 1 aromatic heterocycles. The molecule has 0 aliphatic carbocycles. The summed E-state index contributed by atoms with van der Waals surface area (Å²) < 4.78 is 18.0. The van der Waals surface area contributed by atoms with Crippen molar-refractivity contribution in [2.45, 2.75) is 20.3 Å². The summed E-state index contributed by atoms with van der Waals surface area (Å²) >= 11 is 0. The van der Waals surface area contributed by atoms with E-state index in [9.17, 15) is 9.18 Å². The maximum Gasteiger partial charge on any atom is 0.170 e. The van der Waals surface area contributed by atoms with Gasteiger partial charge in [-0.25, -0.2) is 4.39 Å². The van der Waals surface area contributed by atoms with Crippen molar-refractivity contribution >= 4 is 5.78 Å². The van der Waals surface area contributed by atoms with Crippen molar-refractivity contribution < 1.29 is 13.6 Å². The molecule has 0 amide bonds.